The van der Waals surface area contributed by atoms with Crippen LogP contribution in [0.3, 0.4) is 0 Å². The van der Waals surface area contributed by atoms with Crippen molar-refractivity contribution in [3.8, 4) is 5.75 Å². The summed E-state index contributed by atoms with van der Waals surface area (Å²) in [7, 11) is 0. The SMILES string of the molecule is CCCC(=O)c1cc2cc(Cl)c(O)cc2oc1=O. The van der Waals surface area contributed by atoms with Gasteiger partial charge in [-0.3, -0.25) is 4.79 Å². The van der Waals surface area contributed by atoms with Gasteiger partial charge in [-0.2, -0.15) is 0 Å². The zero-order chi connectivity index (χ0) is 13.3. The van der Waals surface area contributed by atoms with Gasteiger partial charge in [0, 0.05) is 17.9 Å². The molecule has 18 heavy (non-hydrogen) atoms. The van der Waals surface area contributed by atoms with Crippen LogP contribution >= 0.6 is 11.6 Å². The van der Waals surface area contributed by atoms with E-state index in [-0.39, 0.29) is 27.7 Å². The smallest absolute Gasteiger partial charge is 0.347 e. The van der Waals surface area contributed by atoms with E-state index in [0.717, 1.165) is 0 Å². The van der Waals surface area contributed by atoms with Crippen LogP contribution in [0.15, 0.2) is 27.4 Å². The van der Waals surface area contributed by atoms with Crippen molar-refractivity contribution in [1.29, 1.82) is 0 Å². The van der Waals surface area contributed by atoms with Gasteiger partial charge >= 0.3 is 5.63 Å². The molecule has 0 fully saturated rings. The van der Waals surface area contributed by atoms with Gasteiger partial charge in [-0.1, -0.05) is 18.5 Å². The molecule has 2 aromatic rings. The Hall–Kier alpha value is -1.81. The summed E-state index contributed by atoms with van der Waals surface area (Å²) in [5.41, 5.74) is -0.469. The van der Waals surface area contributed by atoms with Crippen molar-refractivity contribution >= 4 is 28.4 Å². The number of ketones is 1. The van der Waals surface area contributed by atoms with Crippen LogP contribution in [-0.2, 0) is 0 Å². The van der Waals surface area contributed by atoms with Crippen LogP contribution in [0.1, 0.15) is 30.1 Å². The third-order valence-electron chi connectivity index (χ3n) is 2.58. The second-order valence-corrected chi connectivity index (χ2v) is 4.37. The molecule has 0 aliphatic heterocycles. The van der Waals surface area contributed by atoms with Gasteiger partial charge in [0.2, 0.25) is 0 Å². The molecular formula is C13H11ClO4. The Morgan fingerprint density at radius 3 is 2.78 bits per heavy atom. The number of aromatic hydroxyl groups is 1. The van der Waals surface area contributed by atoms with Crippen molar-refractivity contribution < 1.29 is 14.3 Å². The summed E-state index contributed by atoms with van der Waals surface area (Å²) in [4.78, 5) is 23.4. The van der Waals surface area contributed by atoms with Gasteiger partial charge in [0.15, 0.2) is 5.78 Å². The lowest BCUT2D eigenvalue weighted by atomic mass is 10.1. The molecule has 0 radical (unpaired) electrons. The molecule has 1 heterocycles. The van der Waals surface area contributed by atoms with Gasteiger partial charge in [0.1, 0.15) is 16.9 Å². The molecule has 5 heteroatoms. The molecule has 1 aromatic carbocycles. The highest BCUT2D eigenvalue weighted by molar-refractivity contribution is 6.32. The lowest BCUT2D eigenvalue weighted by Crippen LogP contribution is -2.13. The van der Waals surface area contributed by atoms with E-state index in [1.165, 1.54) is 18.2 Å². The number of benzene rings is 1. The van der Waals surface area contributed by atoms with E-state index < -0.39 is 5.63 Å². The number of carbonyl (C=O) groups excluding carboxylic acids is 1. The van der Waals surface area contributed by atoms with Crippen LogP contribution in [0.4, 0.5) is 0 Å². The van der Waals surface area contributed by atoms with E-state index in [4.69, 9.17) is 16.0 Å². The van der Waals surface area contributed by atoms with E-state index in [9.17, 15) is 14.7 Å². The summed E-state index contributed by atoms with van der Waals surface area (Å²) in [5, 5.41) is 10.1. The average molecular weight is 267 g/mol. The zero-order valence-electron chi connectivity index (χ0n) is 9.70. The summed E-state index contributed by atoms with van der Waals surface area (Å²) in [6.07, 6.45) is 0.953. The Bertz CT molecular complexity index is 672. The summed E-state index contributed by atoms with van der Waals surface area (Å²) in [6.45, 7) is 1.86. The predicted octanol–water partition coefficient (Wildman–Crippen LogP) is 3.13. The quantitative estimate of drug-likeness (QED) is 0.684. The molecule has 0 aliphatic carbocycles. The van der Waals surface area contributed by atoms with Crippen molar-refractivity contribution in [3.05, 3.63) is 39.2 Å². The molecule has 4 nitrogen and oxygen atoms in total. The normalized spacial score (nSPS) is 10.8. The number of phenols is 1. The highest BCUT2D eigenvalue weighted by Crippen LogP contribution is 2.28. The fraction of sp³-hybridized carbons (Fsp3) is 0.231. The molecule has 0 bridgehead atoms. The second kappa shape index (κ2) is 4.82. The summed E-state index contributed by atoms with van der Waals surface area (Å²) < 4.78 is 5.00. The maximum absolute atomic E-state index is 11.7. The number of carbonyl (C=O) groups is 1. The molecule has 0 amide bonds. The predicted molar refractivity (Wildman–Crippen MR) is 68.4 cm³/mol. The van der Waals surface area contributed by atoms with Crippen LogP contribution < -0.4 is 5.63 Å². The molecule has 0 spiro atoms. The van der Waals surface area contributed by atoms with Crippen molar-refractivity contribution in [2.75, 3.05) is 0 Å². The fourth-order valence-corrected chi connectivity index (χ4v) is 1.86. The first-order valence-corrected chi connectivity index (χ1v) is 5.90. The van der Waals surface area contributed by atoms with E-state index in [1.807, 2.05) is 6.92 Å². The molecule has 94 valence electrons. The molecule has 0 aliphatic rings. The van der Waals surface area contributed by atoms with Crippen molar-refractivity contribution in [3.63, 3.8) is 0 Å². The van der Waals surface area contributed by atoms with Gasteiger partial charge < -0.3 is 9.52 Å². The number of Topliss-reactive ketones (excluding diaryl/α,β-unsaturated/α-hetero) is 1. The fourth-order valence-electron chi connectivity index (χ4n) is 1.68. The van der Waals surface area contributed by atoms with Crippen LogP contribution in [-0.4, -0.2) is 10.9 Å². The average Bonchev–Trinajstić information content (AvgIpc) is 2.31. The monoisotopic (exact) mass is 266 g/mol. The minimum Gasteiger partial charge on any atom is -0.506 e. The first kappa shape index (κ1) is 12.6. The van der Waals surface area contributed by atoms with Gasteiger partial charge in [-0.25, -0.2) is 4.79 Å². The zero-order valence-corrected chi connectivity index (χ0v) is 10.5. The standard InChI is InChI=1S/C13H11ClO4/c1-2-3-10(15)8-4-7-5-9(14)11(16)6-12(7)18-13(8)17/h4-6,16H,2-3H2,1H3. The minimum atomic E-state index is -0.692. The Morgan fingerprint density at radius 2 is 2.11 bits per heavy atom. The Labute approximate surface area is 108 Å². The van der Waals surface area contributed by atoms with Gasteiger partial charge in [-0.05, 0) is 18.6 Å². The number of phenolic OH excluding ortho intramolecular Hbond substituents is 1. The molecule has 0 atom stereocenters. The number of fused-ring (bicyclic) bond motifs is 1. The molecule has 0 unspecified atom stereocenters. The van der Waals surface area contributed by atoms with E-state index >= 15 is 0 Å². The van der Waals surface area contributed by atoms with E-state index in [1.54, 1.807) is 0 Å². The lowest BCUT2D eigenvalue weighted by Gasteiger charge is -2.02. The molecule has 0 saturated heterocycles. The Balaban J connectivity index is 2.65. The first-order chi connectivity index (χ1) is 8.52. The van der Waals surface area contributed by atoms with Crippen LogP contribution in [0, 0.1) is 0 Å². The Morgan fingerprint density at radius 1 is 1.39 bits per heavy atom. The molecule has 1 N–H and O–H groups in total. The number of hydrogen-bond donors (Lipinski definition) is 1. The van der Waals surface area contributed by atoms with Crippen molar-refractivity contribution in [2.45, 2.75) is 19.8 Å². The van der Waals surface area contributed by atoms with Gasteiger partial charge in [0.05, 0.1) is 5.02 Å². The molecule has 0 saturated carbocycles. The number of rotatable bonds is 3. The van der Waals surface area contributed by atoms with Crippen molar-refractivity contribution in [2.24, 2.45) is 0 Å². The summed E-state index contributed by atoms with van der Waals surface area (Å²) in [5.74, 6) is -0.419. The lowest BCUT2D eigenvalue weighted by molar-refractivity contribution is 0.0978. The van der Waals surface area contributed by atoms with Gasteiger partial charge in [-0.15, -0.1) is 0 Å². The largest absolute Gasteiger partial charge is 0.506 e. The summed E-state index contributed by atoms with van der Waals surface area (Å²) >= 11 is 5.77. The number of halogens is 1. The Kier molecular flexibility index (Phi) is 3.39. The van der Waals surface area contributed by atoms with Crippen LogP contribution in [0.2, 0.25) is 5.02 Å². The van der Waals surface area contributed by atoms with Crippen molar-refractivity contribution in [1.82, 2.24) is 0 Å². The first-order valence-electron chi connectivity index (χ1n) is 5.52. The molecule has 2 rings (SSSR count). The topological polar surface area (TPSA) is 67.5 Å². The third kappa shape index (κ3) is 2.24. The highest BCUT2D eigenvalue weighted by atomic mass is 35.5. The molecule has 1 aromatic heterocycles. The van der Waals surface area contributed by atoms with E-state index in [0.29, 0.717) is 18.2 Å². The summed E-state index contributed by atoms with van der Waals surface area (Å²) in [6, 6.07) is 4.16. The second-order valence-electron chi connectivity index (χ2n) is 3.96. The maximum atomic E-state index is 11.7. The number of hydrogen-bond acceptors (Lipinski definition) is 4. The maximum Gasteiger partial charge on any atom is 0.347 e. The molecular weight excluding hydrogens is 256 g/mol. The van der Waals surface area contributed by atoms with Crippen LogP contribution in [0.5, 0.6) is 5.75 Å². The van der Waals surface area contributed by atoms with Crippen LogP contribution in [0.25, 0.3) is 11.0 Å². The van der Waals surface area contributed by atoms with Gasteiger partial charge in [0.25, 0.3) is 0 Å². The van der Waals surface area contributed by atoms with E-state index in [2.05, 4.69) is 0 Å². The highest BCUT2D eigenvalue weighted by Gasteiger charge is 2.14. The third-order valence-corrected chi connectivity index (χ3v) is 2.88. The minimum absolute atomic E-state index is 0.0195.